The minimum Gasteiger partial charge on any atom is -0.486 e. The molecule has 0 bridgehead atoms. The highest BCUT2D eigenvalue weighted by atomic mass is 79.9. The van der Waals surface area contributed by atoms with Crippen molar-refractivity contribution in [2.45, 2.75) is 20.0 Å². The molecule has 1 aromatic carbocycles. The molecule has 2 N–H and O–H groups in total. The molecule has 1 aromatic heterocycles. The molecule has 0 saturated heterocycles. The Morgan fingerprint density at radius 2 is 2.10 bits per heavy atom. The van der Waals surface area contributed by atoms with E-state index in [9.17, 15) is 0 Å². The number of nitrogens with two attached hydrogens (primary N) is 1. The molecule has 0 spiro atoms. The number of benzene rings is 1. The first kappa shape index (κ1) is 15.5. The first-order valence-electron chi connectivity index (χ1n) is 6.32. The first-order valence-corrected chi connectivity index (χ1v) is 7.90. The van der Waals surface area contributed by atoms with Crippen LogP contribution in [0.5, 0.6) is 5.75 Å². The van der Waals surface area contributed by atoms with Crippen LogP contribution in [0.2, 0.25) is 0 Å². The van der Waals surface area contributed by atoms with Crippen molar-refractivity contribution in [3.8, 4) is 5.75 Å². The molecular weight excluding hydrogens is 386 g/mol. The fraction of sp³-hybridized carbons (Fsp3) is 0.357. The van der Waals surface area contributed by atoms with Gasteiger partial charge in [-0.3, -0.25) is 4.68 Å². The van der Waals surface area contributed by atoms with Crippen molar-refractivity contribution in [1.29, 1.82) is 0 Å². The Morgan fingerprint density at radius 3 is 2.65 bits per heavy atom. The van der Waals surface area contributed by atoms with E-state index in [1.807, 2.05) is 36.9 Å². The lowest BCUT2D eigenvalue weighted by molar-refractivity contribution is 0.292. The van der Waals surface area contributed by atoms with E-state index in [2.05, 4.69) is 37.0 Å². The third-order valence-electron chi connectivity index (χ3n) is 3.06. The monoisotopic (exact) mass is 401 g/mol. The number of nitrogens with zero attached hydrogens (tertiary/aromatic N) is 2. The molecule has 108 valence electrons. The van der Waals surface area contributed by atoms with Gasteiger partial charge < -0.3 is 10.5 Å². The second-order valence-corrected chi connectivity index (χ2v) is 6.21. The van der Waals surface area contributed by atoms with Crippen molar-refractivity contribution in [2.24, 2.45) is 12.8 Å². The number of rotatable bonds is 5. The van der Waals surface area contributed by atoms with Gasteiger partial charge in [0.15, 0.2) is 0 Å². The smallest absolute Gasteiger partial charge is 0.134 e. The van der Waals surface area contributed by atoms with Crippen LogP contribution >= 0.6 is 31.9 Å². The average Bonchev–Trinajstić information content (AvgIpc) is 2.64. The maximum atomic E-state index is 5.86. The molecular formula is C14H17Br2N3O. The first-order chi connectivity index (χ1) is 9.52. The maximum absolute atomic E-state index is 5.86. The summed E-state index contributed by atoms with van der Waals surface area (Å²) in [5, 5.41) is 4.35. The van der Waals surface area contributed by atoms with Crippen LogP contribution in [0.1, 0.15) is 17.0 Å². The van der Waals surface area contributed by atoms with E-state index in [0.29, 0.717) is 13.2 Å². The molecule has 0 saturated carbocycles. The SMILES string of the molecule is Cc1nn(C)c(COc2ccc(CCN)cc2Br)c1Br. The van der Waals surface area contributed by atoms with Crippen molar-refractivity contribution < 1.29 is 4.74 Å². The summed E-state index contributed by atoms with van der Waals surface area (Å²) in [5.41, 5.74) is 8.73. The number of hydrogen-bond donors (Lipinski definition) is 1. The van der Waals surface area contributed by atoms with Gasteiger partial charge in [-0.05, 0) is 69.4 Å². The summed E-state index contributed by atoms with van der Waals surface area (Å²) in [7, 11) is 1.91. The molecule has 0 fully saturated rings. The van der Waals surface area contributed by atoms with Crippen LogP contribution in [0.3, 0.4) is 0 Å². The van der Waals surface area contributed by atoms with Gasteiger partial charge in [0.05, 0.1) is 20.3 Å². The Balaban J connectivity index is 2.11. The molecule has 0 amide bonds. The van der Waals surface area contributed by atoms with Crippen LogP contribution in [-0.2, 0) is 20.1 Å². The molecule has 1 heterocycles. The second-order valence-electron chi connectivity index (χ2n) is 4.56. The second kappa shape index (κ2) is 6.74. The minimum atomic E-state index is 0.465. The molecule has 0 atom stereocenters. The Kier molecular flexibility index (Phi) is 5.23. The van der Waals surface area contributed by atoms with Gasteiger partial charge in [-0.2, -0.15) is 5.10 Å². The van der Waals surface area contributed by atoms with E-state index in [-0.39, 0.29) is 0 Å². The largest absolute Gasteiger partial charge is 0.486 e. The molecule has 0 radical (unpaired) electrons. The van der Waals surface area contributed by atoms with Crippen molar-refractivity contribution in [2.75, 3.05) is 6.54 Å². The van der Waals surface area contributed by atoms with E-state index >= 15 is 0 Å². The van der Waals surface area contributed by atoms with Crippen LogP contribution in [0, 0.1) is 6.92 Å². The average molecular weight is 403 g/mol. The van der Waals surface area contributed by atoms with Gasteiger partial charge in [-0.25, -0.2) is 0 Å². The number of aromatic nitrogens is 2. The third kappa shape index (κ3) is 3.42. The molecule has 0 aliphatic carbocycles. The highest BCUT2D eigenvalue weighted by molar-refractivity contribution is 9.10. The molecule has 2 aromatic rings. The van der Waals surface area contributed by atoms with E-state index in [1.54, 1.807) is 0 Å². The van der Waals surface area contributed by atoms with E-state index in [1.165, 1.54) is 5.56 Å². The van der Waals surface area contributed by atoms with Crippen LogP contribution in [0.15, 0.2) is 27.1 Å². The van der Waals surface area contributed by atoms with Gasteiger partial charge in [0.2, 0.25) is 0 Å². The van der Waals surface area contributed by atoms with E-state index in [0.717, 1.165) is 32.5 Å². The Labute approximate surface area is 135 Å². The van der Waals surface area contributed by atoms with Crippen molar-refractivity contribution in [1.82, 2.24) is 9.78 Å². The van der Waals surface area contributed by atoms with Crippen LogP contribution in [0.25, 0.3) is 0 Å². The lowest BCUT2D eigenvalue weighted by atomic mass is 10.1. The lowest BCUT2D eigenvalue weighted by Crippen LogP contribution is -2.05. The molecule has 0 aliphatic heterocycles. The Morgan fingerprint density at radius 1 is 1.35 bits per heavy atom. The van der Waals surface area contributed by atoms with Crippen LogP contribution in [0.4, 0.5) is 0 Å². The third-order valence-corrected chi connectivity index (χ3v) is 4.71. The zero-order valence-electron chi connectivity index (χ0n) is 11.5. The number of ether oxygens (including phenoxy) is 1. The van der Waals surface area contributed by atoms with Crippen LogP contribution in [-0.4, -0.2) is 16.3 Å². The Hall–Kier alpha value is -0.850. The molecule has 0 unspecified atom stereocenters. The van der Waals surface area contributed by atoms with E-state index < -0.39 is 0 Å². The Bertz CT molecular complexity index is 611. The zero-order valence-corrected chi connectivity index (χ0v) is 14.7. The van der Waals surface area contributed by atoms with Crippen molar-refractivity contribution in [3.63, 3.8) is 0 Å². The van der Waals surface area contributed by atoms with Gasteiger partial charge in [0, 0.05) is 7.05 Å². The van der Waals surface area contributed by atoms with Crippen LogP contribution < -0.4 is 10.5 Å². The van der Waals surface area contributed by atoms with Gasteiger partial charge in [0.25, 0.3) is 0 Å². The van der Waals surface area contributed by atoms with Gasteiger partial charge >= 0.3 is 0 Å². The number of hydrogen-bond acceptors (Lipinski definition) is 3. The fourth-order valence-electron chi connectivity index (χ4n) is 1.97. The normalized spacial score (nSPS) is 10.8. The molecule has 20 heavy (non-hydrogen) atoms. The number of aryl methyl sites for hydroxylation is 2. The van der Waals surface area contributed by atoms with Gasteiger partial charge in [-0.1, -0.05) is 6.07 Å². The van der Waals surface area contributed by atoms with Gasteiger partial charge in [0.1, 0.15) is 12.4 Å². The summed E-state index contributed by atoms with van der Waals surface area (Å²) in [5.74, 6) is 0.816. The highest BCUT2D eigenvalue weighted by Gasteiger charge is 2.12. The fourth-order valence-corrected chi connectivity index (χ4v) is 2.96. The number of halogens is 2. The summed E-state index contributed by atoms with van der Waals surface area (Å²) >= 11 is 7.07. The minimum absolute atomic E-state index is 0.465. The van der Waals surface area contributed by atoms with Crippen molar-refractivity contribution >= 4 is 31.9 Å². The van der Waals surface area contributed by atoms with Crippen molar-refractivity contribution in [3.05, 3.63) is 44.1 Å². The summed E-state index contributed by atoms with van der Waals surface area (Å²) < 4.78 is 9.63. The quantitative estimate of drug-likeness (QED) is 0.834. The predicted molar refractivity (Wildman–Crippen MR) is 86.9 cm³/mol. The summed E-state index contributed by atoms with van der Waals surface area (Å²) in [6.07, 6.45) is 0.866. The zero-order chi connectivity index (χ0) is 14.7. The molecule has 0 aliphatic rings. The molecule has 4 nitrogen and oxygen atoms in total. The predicted octanol–water partition coefficient (Wildman–Crippen LogP) is 3.33. The van der Waals surface area contributed by atoms with E-state index in [4.69, 9.17) is 10.5 Å². The summed E-state index contributed by atoms with van der Waals surface area (Å²) in [6.45, 7) is 3.08. The lowest BCUT2D eigenvalue weighted by Gasteiger charge is -2.10. The molecule has 2 rings (SSSR count). The summed E-state index contributed by atoms with van der Waals surface area (Å²) in [4.78, 5) is 0. The topological polar surface area (TPSA) is 53.1 Å². The highest BCUT2D eigenvalue weighted by Crippen LogP contribution is 2.28. The van der Waals surface area contributed by atoms with Gasteiger partial charge in [-0.15, -0.1) is 0 Å². The standard InChI is InChI=1S/C14H17Br2N3O/c1-9-14(16)12(19(2)18-9)8-20-13-4-3-10(5-6-17)7-11(13)15/h3-4,7H,5-6,8,17H2,1-2H3. The molecule has 6 heteroatoms. The summed E-state index contributed by atoms with van der Waals surface area (Å²) in [6, 6.07) is 6.05. The maximum Gasteiger partial charge on any atom is 0.134 e.